The van der Waals surface area contributed by atoms with Crippen molar-refractivity contribution in [3.8, 4) is 0 Å². The third kappa shape index (κ3) is 4.95. The Kier molecular flexibility index (Phi) is 5.36. The zero-order chi connectivity index (χ0) is 11.1. The third-order valence-corrected chi connectivity index (χ3v) is 2.85. The summed E-state index contributed by atoms with van der Waals surface area (Å²) in [7, 11) is 0. The lowest BCUT2D eigenvalue weighted by atomic mass is 10.2. The van der Waals surface area contributed by atoms with Crippen LogP contribution in [-0.2, 0) is 11.3 Å². The van der Waals surface area contributed by atoms with Crippen molar-refractivity contribution in [2.24, 2.45) is 0 Å². The van der Waals surface area contributed by atoms with Gasteiger partial charge in [0.25, 0.3) is 0 Å². The largest absolute Gasteiger partial charge is 0.352 e. The van der Waals surface area contributed by atoms with E-state index in [4.69, 9.17) is 0 Å². The van der Waals surface area contributed by atoms with Crippen molar-refractivity contribution in [2.75, 3.05) is 6.54 Å². The maximum Gasteiger partial charge on any atom is 0.221 e. The number of amides is 1. The number of hydrogen-bond acceptors (Lipinski definition) is 3. The molecule has 0 aromatic carbocycles. The molecule has 0 saturated heterocycles. The minimum Gasteiger partial charge on any atom is -0.352 e. The maximum atomic E-state index is 11.5. The molecule has 0 aliphatic carbocycles. The van der Waals surface area contributed by atoms with E-state index in [9.17, 15) is 4.79 Å². The second kappa shape index (κ2) is 6.58. The zero-order valence-corrected chi connectivity index (χ0v) is 10.1. The fourth-order valence-corrected chi connectivity index (χ4v) is 2.03. The van der Waals surface area contributed by atoms with Crippen molar-refractivity contribution in [3.63, 3.8) is 0 Å². The van der Waals surface area contributed by atoms with Crippen molar-refractivity contribution >= 4 is 17.2 Å². The van der Waals surface area contributed by atoms with Crippen molar-refractivity contribution in [1.82, 2.24) is 10.6 Å². The molecule has 1 aromatic heterocycles. The van der Waals surface area contributed by atoms with Crippen LogP contribution in [0.5, 0.6) is 0 Å². The Hall–Kier alpha value is -0.870. The average Bonchev–Trinajstić information content (AvgIpc) is 2.67. The molecule has 0 aliphatic heterocycles. The topological polar surface area (TPSA) is 41.1 Å². The molecule has 15 heavy (non-hydrogen) atoms. The SMILES string of the molecule is CCNC(C)CC(=O)NCc1ccsc1. The van der Waals surface area contributed by atoms with Gasteiger partial charge < -0.3 is 10.6 Å². The van der Waals surface area contributed by atoms with Crippen LogP contribution in [0.15, 0.2) is 16.8 Å². The molecule has 1 rings (SSSR count). The van der Waals surface area contributed by atoms with Crippen LogP contribution in [0.4, 0.5) is 0 Å². The van der Waals surface area contributed by atoms with Crippen LogP contribution < -0.4 is 10.6 Å². The fraction of sp³-hybridized carbons (Fsp3) is 0.545. The van der Waals surface area contributed by atoms with E-state index in [-0.39, 0.29) is 11.9 Å². The summed E-state index contributed by atoms with van der Waals surface area (Å²) in [6.07, 6.45) is 0.540. The summed E-state index contributed by atoms with van der Waals surface area (Å²) in [6.45, 7) is 5.60. The first-order chi connectivity index (χ1) is 7.22. The first-order valence-electron chi connectivity index (χ1n) is 5.23. The summed E-state index contributed by atoms with van der Waals surface area (Å²) in [6, 6.07) is 2.27. The third-order valence-electron chi connectivity index (χ3n) is 2.11. The van der Waals surface area contributed by atoms with Gasteiger partial charge in [0.05, 0.1) is 0 Å². The van der Waals surface area contributed by atoms with Crippen LogP contribution in [0, 0.1) is 0 Å². The quantitative estimate of drug-likeness (QED) is 0.776. The van der Waals surface area contributed by atoms with Crippen LogP contribution in [0.25, 0.3) is 0 Å². The molecular weight excluding hydrogens is 208 g/mol. The molecule has 1 atom stereocenters. The van der Waals surface area contributed by atoms with Crippen molar-refractivity contribution in [1.29, 1.82) is 0 Å². The van der Waals surface area contributed by atoms with E-state index in [1.165, 1.54) is 5.56 Å². The molecule has 84 valence electrons. The zero-order valence-electron chi connectivity index (χ0n) is 9.25. The lowest BCUT2D eigenvalue weighted by Gasteiger charge is -2.11. The molecule has 0 saturated carbocycles. The normalized spacial score (nSPS) is 12.4. The molecule has 0 radical (unpaired) electrons. The van der Waals surface area contributed by atoms with E-state index in [1.54, 1.807) is 11.3 Å². The summed E-state index contributed by atoms with van der Waals surface area (Å²) in [5, 5.41) is 10.2. The summed E-state index contributed by atoms with van der Waals surface area (Å²) >= 11 is 1.65. The Morgan fingerprint density at radius 3 is 3.00 bits per heavy atom. The lowest BCUT2D eigenvalue weighted by molar-refractivity contribution is -0.121. The van der Waals surface area contributed by atoms with Crippen LogP contribution in [0.2, 0.25) is 0 Å². The molecule has 1 amide bonds. The van der Waals surface area contributed by atoms with E-state index in [2.05, 4.69) is 10.6 Å². The van der Waals surface area contributed by atoms with Gasteiger partial charge in [-0.2, -0.15) is 11.3 Å². The molecule has 0 bridgehead atoms. The van der Waals surface area contributed by atoms with Gasteiger partial charge in [0.2, 0.25) is 5.91 Å². The number of hydrogen-bond donors (Lipinski definition) is 2. The van der Waals surface area contributed by atoms with Gasteiger partial charge in [0, 0.05) is 19.0 Å². The molecule has 4 heteroatoms. The van der Waals surface area contributed by atoms with Crippen molar-refractivity contribution in [2.45, 2.75) is 32.9 Å². The molecule has 1 heterocycles. The molecule has 1 unspecified atom stereocenters. The highest BCUT2D eigenvalue weighted by molar-refractivity contribution is 7.07. The summed E-state index contributed by atoms with van der Waals surface area (Å²) < 4.78 is 0. The van der Waals surface area contributed by atoms with Crippen molar-refractivity contribution in [3.05, 3.63) is 22.4 Å². The number of thiophene rings is 1. The minimum absolute atomic E-state index is 0.106. The standard InChI is InChI=1S/C11H18N2OS/c1-3-12-9(2)6-11(14)13-7-10-4-5-15-8-10/h4-5,8-9,12H,3,6-7H2,1-2H3,(H,13,14). The Labute approximate surface area is 94.9 Å². The van der Waals surface area contributed by atoms with Crippen molar-refractivity contribution < 1.29 is 4.79 Å². The smallest absolute Gasteiger partial charge is 0.221 e. The number of carbonyl (C=O) groups excluding carboxylic acids is 1. The van der Waals surface area contributed by atoms with Crippen LogP contribution >= 0.6 is 11.3 Å². The van der Waals surface area contributed by atoms with E-state index in [1.807, 2.05) is 30.7 Å². The van der Waals surface area contributed by atoms with Crippen LogP contribution in [0.3, 0.4) is 0 Å². The Morgan fingerprint density at radius 2 is 2.40 bits per heavy atom. The molecular formula is C11H18N2OS. The second-order valence-corrected chi connectivity index (χ2v) is 4.35. The van der Waals surface area contributed by atoms with Gasteiger partial charge in [-0.1, -0.05) is 6.92 Å². The van der Waals surface area contributed by atoms with Gasteiger partial charge in [-0.25, -0.2) is 0 Å². The van der Waals surface area contributed by atoms with Crippen LogP contribution in [0.1, 0.15) is 25.8 Å². The highest BCUT2D eigenvalue weighted by atomic mass is 32.1. The maximum absolute atomic E-state index is 11.5. The summed E-state index contributed by atoms with van der Waals surface area (Å²) in [5.41, 5.74) is 1.17. The minimum atomic E-state index is 0.106. The van der Waals surface area contributed by atoms with Gasteiger partial charge in [0.15, 0.2) is 0 Å². The highest BCUT2D eigenvalue weighted by Crippen LogP contribution is 2.05. The van der Waals surface area contributed by atoms with Gasteiger partial charge in [-0.15, -0.1) is 0 Å². The molecule has 1 aromatic rings. The average molecular weight is 226 g/mol. The van der Waals surface area contributed by atoms with E-state index >= 15 is 0 Å². The molecule has 2 N–H and O–H groups in total. The fourth-order valence-electron chi connectivity index (χ4n) is 1.36. The first-order valence-corrected chi connectivity index (χ1v) is 6.17. The Balaban J connectivity index is 2.19. The van der Waals surface area contributed by atoms with Crippen LogP contribution in [-0.4, -0.2) is 18.5 Å². The highest BCUT2D eigenvalue weighted by Gasteiger charge is 2.07. The predicted molar refractivity (Wildman–Crippen MR) is 63.9 cm³/mol. The van der Waals surface area contributed by atoms with E-state index in [0.29, 0.717) is 13.0 Å². The first kappa shape index (κ1) is 12.2. The van der Waals surface area contributed by atoms with E-state index < -0.39 is 0 Å². The summed E-state index contributed by atoms with van der Waals surface area (Å²) in [4.78, 5) is 11.5. The Morgan fingerprint density at radius 1 is 1.60 bits per heavy atom. The summed E-state index contributed by atoms with van der Waals surface area (Å²) in [5.74, 6) is 0.106. The van der Waals surface area contributed by atoms with Gasteiger partial charge >= 0.3 is 0 Å². The lowest BCUT2D eigenvalue weighted by Crippen LogP contribution is -2.33. The number of nitrogens with one attached hydrogen (secondary N) is 2. The molecule has 0 fully saturated rings. The second-order valence-electron chi connectivity index (χ2n) is 3.57. The monoisotopic (exact) mass is 226 g/mol. The predicted octanol–water partition coefficient (Wildman–Crippen LogP) is 1.75. The van der Waals surface area contributed by atoms with E-state index in [0.717, 1.165) is 6.54 Å². The molecule has 3 nitrogen and oxygen atoms in total. The molecule has 0 aliphatic rings. The van der Waals surface area contributed by atoms with Gasteiger partial charge in [0.1, 0.15) is 0 Å². The number of rotatable bonds is 6. The number of carbonyl (C=O) groups is 1. The van der Waals surface area contributed by atoms with Gasteiger partial charge in [-0.05, 0) is 35.9 Å². The Bertz CT molecular complexity index is 285. The molecule has 0 spiro atoms. The van der Waals surface area contributed by atoms with Gasteiger partial charge in [-0.3, -0.25) is 4.79 Å².